The lowest BCUT2D eigenvalue weighted by Crippen LogP contribution is -2.30. The van der Waals surface area contributed by atoms with Crippen LogP contribution in [0.25, 0.3) is 0 Å². The Morgan fingerprint density at radius 1 is 1.28 bits per heavy atom. The fraction of sp³-hybridized carbons (Fsp3) is 0.533. The highest BCUT2D eigenvalue weighted by Gasteiger charge is 2.28. The summed E-state index contributed by atoms with van der Waals surface area (Å²) in [5, 5.41) is 0. The van der Waals surface area contributed by atoms with Crippen LogP contribution in [0.15, 0.2) is 35.1 Å². The molecule has 18 heavy (non-hydrogen) atoms. The highest BCUT2D eigenvalue weighted by Crippen LogP contribution is 2.30. The Bertz CT molecular complexity index is 428. The minimum atomic E-state index is -0.179. The number of hydrogen-bond donors (Lipinski definition) is 0. The third kappa shape index (κ3) is 2.35. The molecule has 0 saturated carbocycles. The Balaban J connectivity index is 2.30. The monoisotopic (exact) mass is 247 g/mol. The number of allylic oxidation sites excluding steroid dienone is 1. The van der Waals surface area contributed by atoms with Crippen molar-refractivity contribution in [2.24, 2.45) is 0 Å². The van der Waals surface area contributed by atoms with Gasteiger partial charge in [-0.3, -0.25) is 4.79 Å². The van der Waals surface area contributed by atoms with E-state index in [2.05, 4.69) is 43.9 Å². The van der Waals surface area contributed by atoms with Crippen molar-refractivity contribution in [3.8, 4) is 0 Å². The van der Waals surface area contributed by atoms with Crippen LogP contribution in [0, 0.1) is 0 Å². The van der Waals surface area contributed by atoms with Gasteiger partial charge in [0.2, 0.25) is 0 Å². The van der Waals surface area contributed by atoms with E-state index < -0.39 is 0 Å². The number of likely N-dealkylation sites (N-methyl/N-ethyl adjacent to an activating group) is 1. The average molecular weight is 247 g/mol. The van der Waals surface area contributed by atoms with Gasteiger partial charge in [-0.25, -0.2) is 0 Å². The number of carbonyl (C=O) groups excluding carboxylic acids is 1. The van der Waals surface area contributed by atoms with Crippen molar-refractivity contribution >= 4 is 5.97 Å². The molecule has 0 N–H and O–H groups in total. The predicted molar refractivity (Wildman–Crippen MR) is 72.0 cm³/mol. The van der Waals surface area contributed by atoms with Gasteiger partial charge in [-0.2, -0.15) is 0 Å². The van der Waals surface area contributed by atoms with E-state index in [0.29, 0.717) is 6.42 Å². The van der Waals surface area contributed by atoms with Crippen molar-refractivity contribution < 1.29 is 9.53 Å². The molecule has 3 nitrogen and oxygen atoms in total. The second-order valence-electron chi connectivity index (χ2n) is 4.60. The van der Waals surface area contributed by atoms with E-state index in [9.17, 15) is 4.79 Å². The minimum Gasteiger partial charge on any atom is -0.453 e. The summed E-state index contributed by atoms with van der Waals surface area (Å²) in [7, 11) is 0. The Hall–Kier alpha value is -1.51. The minimum absolute atomic E-state index is 0.106. The molecule has 1 unspecified atom stereocenters. The summed E-state index contributed by atoms with van der Waals surface area (Å²) in [5.74, 6) is -0.106. The second kappa shape index (κ2) is 5.42. The zero-order chi connectivity index (χ0) is 13.1. The molecule has 1 heterocycles. The van der Waals surface area contributed by atoms with Gasteiger partial charge in [-0.05, 0) is 38.0 Å². The van der Waals surface area contributed by atoms with Crippen molar-refractivity contribution in [1.82, 2.24) is 4.90 Å². The maximum atomic E-state index is 11.6. The summed E-state index contributed by atoms with van der Waals surface area (Å²) in [6.07, 6.45) is 7.49. The molecule has 0 saturated heterocycles. The van der Waals surface area contributed by atoms with Crippen LogP contribution in [0.4, 0.5) is 0 Å². The molecule has 1 aliphatic carbocycles. The van der Waals surface area contributed by atoms with Crippen LogP contribution in [-0.2, 0) is 9.53 Å². The molecule has 1 atom stereocenters. The second-order valence-corrected chi connectivity index (χ2v) is 4.60. The van der Waals surface area contributed by atoms with E-state index in [4.69, 9.17) is 4.74 Å². The Labute approximate surface area is 109 Å². The summed E-state index contributed by atoms with van der Waals surface area (Å²) in [4.78, 5) is 13.8. The quantitative estimate of drug-likeness (QED) is 0.715. The highest BCUT2D eigenvalue weighted by molar-refractivity contribution is 5.76. The lowest BCUT2D eigenvalue weighted by Gasteiger charge is -2.31. The molecule has 3 heteroatoms. The van der Waals surface area contributed by atoms with Crippen LogP contribution in [0.2, 0.25) is 0 Å². The zero-order valence-electron chi connectivity index (χ0n) is 11.4. The van der Waals surface area contributed by atoms with Gasteiger partial charge >= 0.3 is 5.97 Å². The number of nitrogens with zero attached hydrogens (tertiary/aromatic N) is 1. The Morgan fingerprint density at radius 3 is 2.61 bits per heavy atom. The summed E-state index contributed by atoms with van der Waals surface area (Å²) < 4.78 is 5.44. The van der Waals surface area contributed by atoms with Crippen LogP contribution < -0.4 is 0 Å². The van der Waals surface area contributed by atoms with Crippen molar-refractivity contribution in [2.45, 2.75) is 39.7 Å². The smallest absolute Gasteiger partial charge is 0.310 e. The normalized spacial score (nSPS) is 22.5. The standard InChI is InChI=1S/C15H21NO2/c1-4-11-9-15(17)18-14-10-12(7-8-13(11)14)16(5-2)6-3/h7-8,10,14H,4-6,9H2,1-3H3. The topological polar surface area (TPSA) is 29.5 Å². The van der Waals surface area contributed by atoms with Crippen LogP contribution >= 0.6 is 0 Å². The molecule has 0 aromatic heterocycles. The molecule has 0 spiro atoms. The average Bonchev–Trinajstić information content (AvgIpc) is 2.38. The first-order chi connectivity index (χ1) is 8.69. The predicted octanol–water partition coefficient (Wildman–Crippen LogP) is 2.80. The third-order valence-electron chi connectivity index (χ3n) is 3.64. The van der Waals surface area contributed by atoms with Crippen molar-refractivity contribution in [1.29, 1.82) is 0 Å². The maximum absolute atomic E-state index is 11.6. The van der Waals surface area contributed by atoms with Crippen LogP contribution in [0.5, 0.6) is 0 Å². The van der Waals surface area contributed by atoms with Crippen molar-refractivity contribution in [2.75, 3.05) is 13.1 Å². The van der Waals surface area contributed by atoms with Gasteiger partial charge in [0.25, 0.3) is 0 Å². The van der Waals surface area contributed by atoms with E-state index in [0.717, 1.165) is 25.2 Å². The molecule has 2 rings (SSSR count). The fourth-order valence-corrected chi connectivity index (χ4v) is 2.58. The summed E-state index contributed by atoms with van der Waals surface area (Å²) in [5.41, 5.74) is 3.54. The van der Waals surface area contributed by atoms with Gasteiger partial charge in [-0.15, -0.1) is 0 Å². The highest BCUT2D eigenvalue weighted by atomic mass is 16.5. The first-order valence-electron chi connectivity index (χ1n) is 6.75. The molecule has 0 radical (unpaired) electrons. The first kappa shape index (κ1) is 12.9. The fourth-order valence-electron chi connectivity index (χ4n) is 2.58. The van der Waals surface area contributed by atoms with Crippen LogP contribution in [-0.4, -0.2) is 30.1 Å². The number of esters is 1. The summed E-state index contributed by atoms with van der Waals surface area (Å²) in [6, 6.07) is 0. The van der Waals surface area contributed by atoms with Crippen molar-refractivity contribution in [3.63, 3.8) is 0 Å². The van der Waals surface area contributed by atoms with E-state index in [1.807, 2.05) is 0 Å². The van der Waals surface area contributed by atoms with E-state index >= 15 is 0 Å². The number of ether oxygens (including phenoxy) is 1. The molecule has 0 aromatic rings. The molecule has 2 aliphatic rings. The molecular weight excluding hydrogens is 226 g/mol. The number of hydrogen-bond acceptors (Lipinski definition) is 3. The molecule has 1 aliphatic heterocycles. The van der Waals surface area contributed by atoms with Gasteiger partial charge in [0.05, 0.1) is 6.42 Å². The van der Waals surface area contributed by atoms with Gasteiger partial charge in [0.1, 0.15) is 6.10 Å². The molecule has 98 valence electrons. The number of fused-ring (bicyclic) bond motifs is 1. The largest absolute Gasteiger partial charge is 0.453 e. The maximum Gasteiger partial charge on any atom is 0.310 e. The molecular formula is C15H21NO2. The summed E-state index contributed by atoms with van der Waals surface area (Å²) in [6.45, 7) is 8.29. The van der Waals surface area contributed by atoms with E-state index in [1.54, 1.807) is 0 Å². The lowest BCUT2D eigenvalue weighted by molar-refractivity contribution is -0.145. The van der Waals surface area contributed by atoms with E-state index in [-0.39, 0.29) is 12.1 Å². The van der Waals surface area contributed by atoms with Crippen LogP contribution in [0.1, 0.15) is 33.6 Å². The number of carbonyl (C=O) groups is 1. The SMILES string of the molecule is CCC1=C2C=CC(N(CC)CC)=CC2OC(=O)C1. The van der Waals surface area contributed by atoms with Gasteiger partial charge in [-0.1, -0.05) is 18.6 Å². The zero-order valence-corrected chi connectivity index (χ0v) is 11.4. The Morgan fingerprint density at radius 2 is 2.00 bits per heavy atom. The lowest BCUT2D eigenvalue weighted by atomic mass is 9.91. The third-order valence-corrected chi connectivity index (χ3v) is 3.64. The first-order valence-corrected chi connectivity index (χ1v) is 6.75. The summed E-state index contributed by atoms with van der Waals surface area (Å²) >= 11 is 0. The molecule has 0 bridgehead atoms. The number of rotatable bonds is 4. The van der Waals surface area contributed by atoms with Crippen molar-refractivity contribution in [3.05, 3.63) is 35.1 Å². The van der Waals surface area contributed by atoms with Crippen LogP contribution in [0.3, 0.4) is 0 Å². The molecule has 0 aromatic carbocycles. The van der Waals surface area contributed by atoms with Gasteiger partial charge < -0.3 is 9.64 Å². The van der Waals surface area contributed by atoms with Gasteiger partial charge in [0.15, 0.2) is 0 Å². The molecule has 0 amide bonds. The van der Waals surface area contributed by atoms with Gasteiger partial charge in [0, 0.05) is 18.8 Å². The Kier molecular flexibility index (Phi) is 3.90. The molecule has 0 fully saturated rings. The van der Waals surface area contributed by atoms with E-state index in [1.165, 1.54) is 11.1 Å².